The van der Waals surface area contributed by atoms with E-state index in [1.54, 1.807) is 23.7 Å². The minimum absolute atomic E-state index is 0.00629. The number of pyridine rings is 1. The molecular weight excluding hydrogens is 388 g/mol. The molecule has 0 atom stereocenters. The van der Waals surface area contributed by atoms with Crippen molar-refractivity contribution in [1.29, 1.82) is 0 Å². The first-order chi connectivity index (χ1) is 14.3. The fourth-order valence-corrected chi connectivity index (χ4v) is 4.80. The summed E-state index contributed by atoms with van der Waals surface area (Å²) in [6.45, 7) is 8.40. The van der Waals surface area contributed by atoms with E-state index in [1.165, 1.54) is 0 Å². The standard InChI is InChI=1S/C21H28N4O3S/c26-20(23-4-1-7-24-8-12-27-13-9-24)19-16-18(17-2-5-22-6-3-17)21(29-19)25-10-14-28-15-11-25/h2-3,5-6,16H,1,4,7-15H2,(H,23,26). The third kappa shape index (κ3) is 5.33. The first-order valence-corrected chi connectivity index (χ1v) is 11.1. The fraction of sp³-hybridized carbons (Fsp3) is 0.524. The second kappa shape index (κ2) is 10.2. The average Bonchev–Trinajstić information content (AvgIpc) is 3.24. The van der Waals surface area contributed by atoms with E-state index >= 15 is 0 Å². The molecule has 7 nitrogen and oxygen atoms in total. The molecule has 4 heterocycles. The summed E-state index contributed by atoms with van der Waals surface area (Å²) in [5.74, 6) is 0.00629. The normalized spacial score (nSPS) is 18.0. The number of carbonyl (C=O) groups is 1. The number of rotatable bonds is 7. The zero-order valence-corrected chi connectivity index (χ0v) is 17.5. The van der Waals surface area contributed by atoms with Crippen molar-refractivity contribution in [3.8, 4) is 11.1 Å². The molecule has 0 saturated carbocycles. The van der Waals surface area contributed by atoms with Crippen molar-refractivity contribution < 1.29 is 14.3 Å². The maximum Gasteiger partial charge on any atom is 0.261 e. The van der Waals surface area contributed by atoms with E-state index in [2.05, 4.69) is 20.1 Å². The van der Waals surface area contributed by atoms with Crippen LogP contribution in [0.2, 0.25) is 0 Å². The molecule has 1 N–H and O–H groups in total. The SMILES string of the molecule is O=C(NCCCN1CCOCC1)c1cc(-c2ccncc2)c(N2CCOCC2)s1. The van der Waals surface area contributed by atoms with Crippen LogP contribution in [0.5, 0.6) is 0 Å². The predicted octanol–water partition coefficient (Wildman–Crippen LogP) is 2.10. The number of amides is 1. The number of anilines is 1. The molecule has 0 aliphatic carbocycles. The van der Waals surface area contributed by atoms with E-state index in [-0.39, 0.29) is 5.91 Å². The third-order valence-corrected chi connectivity index (χ3v) is 6.46. The summed E-state index contributed by atoms with van der Waals surface area (Å²) in [6.07, 6.45) is 4.54. The maximum atomic E-state index is 12.8. The van der Waals surface area contributed by atoms with E-state index in [4.69, 9.17) is 9.47 Å². The quantitative estimate of drug-likeness (QED) is 0.698. The predicted molar refractivity (Wildman–Crippen MR) is 115 cm³/mol. The molecule has 0 aromatic carbocycles. The summed E-state index contributed by atoms with van der Waals surface area (Å²) >= 11 is 1.57. The van der Waals surface area contributed by atoms with Gasteiger partial charge in [-0.3, -0.25) is 14.7 Å². The average molecular weight is 417 g/mol. The lowest BCUT2D eigenvalue weighted by atomic mass is 10.1. The lowest BCUT2D eigenvalue weighted by Crippen LogP contribution is -2.38. The zero-order valence-electron chi connectivity index (χ0n) is 16.6. The largest absolute Gasteiger partial charge is 0.379 e. The van der Waals surface area contributed by atoms with Crippen LogP contribution in [0.1, 0.15) is 16.1 Å². The number of hydrogen-bond donors (Lipinski definition) is 1. The molecule has 0 spiro atoms. The molecule has 2 aromatic rings. The molecule has 2 fully saturated rings. The number of nitrogens with zero attached hydrogens (tertiary/aromatic N) is 3. The van der Waals surface area contributed by atoms with Crippen LogP contribution in [0.25, 0.3) is 11.1 Å². The highest BCUT2D eigenvalue weighted by molar-refractivity contribution is 7.18. The Bertz CT molecular complexity index is 786. The topological polar surface area (TPSA) is 66.9 Å². The van der Waals surface area contributed by atoms with Crippen LogP contribution in [0.15, 0.2) is 30.6 Å². The second-order valence-corrected chi connectivity index (χ2v) is 8.26. The Kier molecular flexibility index (Phi) is 7.10. The van der Waals surface area contributed by atoms with Gasteiger partial charge in [0.25, 0.3) is 5.91 Å². The maximum absolute atomic E-state index is 12.8. The highest BCUT2D eigenvalue weighted by Crippen LogP contribution is 2.39. The Morgan fingerprint density at radius 3 is 2.48 bits per heavy atom. The number of aromatic nitrogens is 1. The van der Waals surface area contributed by atoms with Gasteiger partial charge in [0.1, 0.15) is 0 Å². The Morgan fingerprint density at radius 2 is 1.76 bits per heavy atom. The van der Waals surface area contributed by atoms with E-state index in [1.807, 2.05) is 18.2 Å². The molecule has 2 aromatic heterocycles. The van der Waals surface area contributed by atoms with Gasteiger partial charge in [-0.15, -0.1) is 11.3 Å². The molecule has 1 amide bonds. The zero-order chi connectivity index (χ0) is 19.9. The second-order valence-electron chi connectivity index (χ2n) is 7.23. The van der Waals surface area contributed by atoms with Gasteiger partial charge < -0.3 is 19.7 Å². The minimum Gasteiger partial charge on any atom is -0.379 e. The van der Waals surface area contributed by atoms with Crippen molar-refractivity contribution in [2.75, 3.05) is 70.6 Å². The molecule has 2 saturated heterocycles. The van der Waals surface area contributed by atoms with Crippen LogP contribution < -0.4 is 10.2 Å². The third-order valence-electron chi connectivity index (χ3n) is 5.27. The summed E-state index contributed by atoms with van der Waals surface area (Å²) in [4.78, 5) is 22.4. The van der Waals surface area contributed by atoms with Gasteiger partial charge in [0.15, 0.2) is 0 Å². The van der Waals surface area contributed by atoms with Crippen LogP contribution in [0.3, 0.4) is 0 Å². The van der Waals surface area contributed by atoms with Gasteiger partial charge in [-0.1, -0.05) is 0 Å². The Labute approximate surface area is 175 Å². The Balaban J connectivity index is 1.41. The molecule has 2 aliphatic heterocycles. The number of nitrogens with one attached hydrogen (secondary N) is 1. The minimum atomic E-state index is 0.00629. The first-order valence-electron chi connectivity index (χ1n) is 10.3. The van der Waals surface area contributed by atoms with Gasteiger partial charge >= 0.3 is 0 Å². The van der Waals surface area contributed by atoms with E-state index in [9.17, 15) is 4.79 Å². The number of carbonyl (C=O) groups excluding carboxylic acids is 1. The van der Waals surface area contributed by atoms with Crippen molar-refractivity contribution in [1.82, 2.24) is 15.2 Å². The van der Waals surface area contributed by atoms with Crippen molar-refractivity contribution in [3.05, 3.63) is 35.5 Å². The first kappa shape index (κ1) is 20.3. The summed E-state index contributed by atoms with van der Waals surface area (Å²) < 4.78 is 10.9. The molecule has 8 heteroatoms. The van der Waals surface area contributed by atoms with Crippen molar-refractivity contribution >= 4 is 22.2 Å². The van der Waals surface area contributed by atoms with Crippen molar-refractivity contribution in [2.24, 2.45) is 0 Å². The van der Waals surface area contributed by atoms with Crippen LogP contribution in [-0.4, -0.2) is 81.5 Å². The number of ether oxygens (including phenoxy) is 2. The molecule has 156 valence electrons. The highest BCUT2D eigenvalue weighted by atomic mass is 32.1. The monoisotopic (exact) mass is 416 g/mol. The molecule has 2 aliphatic rings. The highest BCUT2D eigenvalue weighted by Gasteiger charge is 2.22. The summed E-state index contributed by atoms with van der Waals surface area (Å²) in [6, 6.07) is 6.01. The number of morpholine rings is 2. The van der Waals surface area contributed by atoms with Gasteiger partial charge in [-0.05, 0) is 36.7 Å². The van der Waals surface area contributed by atoms with Gasteiger partial charge in [0.05, 0.1) is 36.3 Å². The van der Waals surface area contributed by atoms with Gasteiger partial charge in [-0.25, -0.2) is 0 Å². The summed E-state index contributed by atoms with van der Waals surface area (Å²) in [5.41, 5.74) is 2.18. The number of thiophene rings is 1. The Hall–Kier alpha value is -2.00. The Morgan fingerprint density at radius 1 is 1.07 bits per heavy atom. The molecule has 29 heavy (non-hydrogen) atoms. The van der Waals surface area contributed by atoms with Crippen molar-refractivity contribution in [3.63, 3.8) is 0 Å². The van der Waals surface area contributed by atoms with E-state index in [0.717, 1.165) is 86.6 Å². The van der Waals surface area contributed by atoms with Gasteiger partial charge in [0, 0.05) is 50.7 Å². The molecule has 0 bridgehead atoms. The fourth-order valence-electron chi connectivity index (χ4n) is 3.65. The van der Waals surface area contributed by atoms with Crippen LogP contribution in [0, 0.1) is 0 Å². The van der Waals surface area contributed by atoms with Crippen molar-refractivity contribution in [2.45, 2.75) is 6.42 Å². The van der Waals surface area contributed by atoms with Gasteiger partial charge in [0.2, 0.25) is 0 Å². The number of hydrogen-bond acceptors (Lipinski definition) is 7. The molecule has 4 rings (SSSR count). The smallest absolute Gasteiger partial charge is 0.261 e. The molecule has 0 unspecified atom stereocenters. The summed E-state index contributed by atoms with van der Waals surface area (Å²) in [5, 5.41) is 4.23. The summed E-state index contributed by atoms with van der Waals surface area (Å²) in [7, 11) is 0. The van der Waals surface area contributed by atoms with Crippen LogP contribution >= 0.6 is 11.3 Å². The molecular formula is C21H28N4O3S. The van der Waals surface area contributed by atoms with E-state index < -0.39 is 0 Å². The molecule has 0 radical (unpaired) electrons. The lowest BCUT2D eigenvalue weighted by Gasteiger charge is -2.28. The van der Waals surface area contributed by atoms with Crippen LogP contribution in [0.4, 0.5) is 5.00 Å². The van der Waals surface area contributed by atoms with Gasteiger partial charge in [-0.2, -0.15) is 0 Å². The van der Waals surface area contributed by atoms with Crippen LogP contribution in [-0.2, 0) is 9.47 Å². The van der Waals surface area contributed by atoms with E-state index in [0.29, 0.717) is 6.54 Å². The lowest BCUT2D eigenvalue weighted by molar-refractivity contribution is 0.0374.